The number of nitrogens with zero attached hydrogens (tertiary/aromatic N) is 2. The second-order valence-electron chi connectivity index (χ2n) is 3.59. The standard InChI is InChI=1S/C12H8N.C2H6N.Y/c1-3-7-11-9(5-1)10-6-2-4-8-12(10)13-11;1-3-2;/h1-8H;1-2H3;/q2*-1;. The van der Waals surface area contributed by atoms with Gasteiger partial charge in [0.05, 0.1) is 0 Å². The Kier molecular flexibility index (Phi) is 5.83. The van der Waals surface area contributed by atoms with E-state index in [0.29, 0.717) is 0 Å². The van der Waals surface area contributed by atoms with Gasteiger partial charge in [0.25, 0.3) is 0 Å². The molecule has 0 aliphatic heterocycles. The van der Waals surface area contributed by atoms with Gasteiger partial charge in [0.2, 0.25) is 0 Å². The molecule has 1 heterocycles. The monoisotopic (exact) mass is 299 g/mol. The zero-order valence-corrected chi connectivity index (χ0v) is 12.9. The van der Waals surface area contributed by atoms with E-state index in [2.05, 4.69) is 46.7 Å². The fourth-order valence-corrected chi connectivity index (χ4v) is 1.73. The molecule has 2 nitrogen and oxygen atoms in total. The summed E-state index contributed by atoms with van der Waals surface area (Å²) >= 11 is 0. The van der Waals surface area contributed by atoms with Crippen molar-refractivity contribution in [3.63, 3.8) is 0 Å². The molecule has 1 aromatic heterocycles. The van der Waals surface area contributed by atoms with Crippen LogP contribution in [0.4, 0.5) is 0 Å². The molecule has 17 heavy (non-hydrogen) atoms. The predicted molar refractivity (Wildman–Crippen MR) is 70.0 cm³/mol. The molecule has 0 spiro atoms. The smallest absolute Gasteiger partial charge is 0 e. The van der Waals surface area contributed by atoms with E-state index in [0.717, 1.165) is 11.0 Å². The molecule has 0 amide bonds. The first kappa shape index (κ1) is 14.4. The first-order valence-electron chi connectivity index (χ1n) is 5.25. The van der Waals surface area contributed by atoms with E-state index in [1.807, 2.05) is 12.1 Å². The molecule has 0 aliphatic carbocycles. The van der Waals surface area contributed by atoms with Gasteiger partial charge in [-0.05, 0) is 10.8 Å². The number of benzene rings is 2. The summed E-state index contributed by atoms with van der Waals surface area (Å²) in [6.07, 6.45) is 0. The molecule has 0 saturated carbocycles. The van der Waals surface area contributed by atoms with Crippen LogP contribution in [0.1, 0.15) is 0 Å². The minimum Gasteiger partial charge on any atom is -0.668 e. The third kappa shape index (κ3) is 3.15. The van der Waals surface area contributed by atoms with E-state index in [4.69, 9.17) is 0 Å². The molecule has 0 aliphatic rings. The second kappa shape index (κ2) is 6.90. The van der Waals surface area contributed by atoms with E-state index in [1.54, 1.807) is 14.1 Å². The number of hydrogen-bond donors (Lipinski definition) is 0. The molecule has 85 valence electrons. The Morgan fingerprint density at radius 3 is 1.53 bits per heavy atom. The van der Waals surface area contributed by atoms with Gasteiger partial charge in [-0.1, -0.05) is 48.5 Å². The first-order chi connectivity index (χ1) is 7.86. The van der Waals surface area contributed by atoms with Crippen molar-refractivity contribution >= 4 is 21.8 Å². The molecule has 0 saturated heterocycles. The van der Waals surface area contributed by atoms with Crippen molar-refractivity contribution in [2.75, 3.05) is 14.1 Å². The molecule has 3 heteroatoms. The normalized spacial score (nSPS) is 9.53. The minimum atomic E-state index is 0. The van der Waals surface area contributed by atoms with Crippen LogP contribution < -0.4 is 4.98 Å². The van der Waals surface area contributed by atoms with Gasteiger partial charge in [-0.3, -0.25) is 0 Å². The van der Waals surface area contributed by atoms with Crippen molar-refractivity contribution in [3.05, 3.63) is 53.8 Å². The van der Waals surface area contributed by atoms with Crippen LogP contribution in [0.15, 0.2) is 48.5 Å². The number of rotatable bonds is 0. The van der Waals surface area contributed by atoms with Crippen LogP contribution in [0.5, 0.6) is 0 Å². The number of fused-ring (bicyclic) bond motifs is 3. The average molecular weight is 299 g/mol. The fraction of sp³-hybridized carbons (Fsp3) is 0.143. The van der Waals surface area contributed by atoms with Crippen molar-refractivity contribution < 1.29 is 32.7 Å². The molecule has 0 fully saturated rings. The van der Waals surface area contributed by atoms with Gasteiger partial charge in [-0.2, -0.15) is 14.1 Å². The van der Waals surface area contributed by atoms with Gasteiger partial charge in [-0.15, -0.1) is 11.0 Å². The maximum Gasteiger partial charge on any atom is 0 e. The Morgan fingerprint density at radius 1 is 0.765 bits per heavy atom. The maximum atomic E-state index is 4.52. The molecule has 0 atom stereocenters. The number of para-hydroxylation sites is 2. The van der Waals surface area contributed by atoms with Crippen molar-refractivity contribution in [2.45, 2.75) is 0 Å². The molecule has 0 N–H and O–H groups in total. The van der Waals surface area contributed by atoms with Crippen LogP contribution in [0, 0.1) is 0 Å². The average Bonchev–Trinajstić information content (AvgIpc) is 2.68. The summed E-state index contributed by atoms with van der Waals surface area (Å²) in [5.74, 6) is 0. The Labute approximate surface area is 127 Å². The fourth-order valence-electron chi connectivity index (χ4n) is 1.73. The van der Waals surface area contributed by atoms with Crippen molar-refractivity contribution in [3.8, 4) is 0 Å². The largest absolute Gasteiger partial charge is 0.668 e. The van der Waals surface area contributed by atoms with E-state index in [9.17, 15) is 0 Å². The minimum absolute atomic E-state index is 0. The van der Waals surface area contributed by atoms with Gasteiger partial charge in [0.15, 0.2) is 0 Å². The summed E-state index contributed by atoms with van der Waals surface area (Å²) in [6, 6.07) is 16.5. The summed E-state index contributed by atoms with van der Waals surface area (Å²) in [6.45, 7) is 0. The van der Waals surface area contributed by atoms with Crippen molar-refractivity contribution in [1.29, 1.82) is 0 Å². The molecule has 0 bridgehead atoms. The van der Waals surface area contributed by atoms with Gasteiger partial charge in [0, 0.05) is 32.7 Å². The topological polar surface area (TPSA) is 28.2 Å². The van der Waals surface area contributed by atoms with Crippen LogP contribution in [0.25, 0.3) is 27.1 Å². The quantitative estimate of drug-likeness (QED) is 0.624. The second-order valence-corrected chi connectivity index (χ2v) is 3.59. The van der Waals surface area contributed by atoms with E-state index < -0.39 is 0 Å². The number of aromatic nitrogens is 1. The van der Waals surface area contributed by atoms with Crippen LogP contribution in [-0.2, 0) is 32.7 Å². The summed E-state index contributed by atoms with van der Waals surface area (Å²) < 4.78 is 0. The zero-order chi connectivity index (χ0) is 11.4. The summed E-state index contributed by atoms with van der Waals surface area (Å²) in [7, 11) is 3.50. The van der Waals surface area contributed by atoms with Gasteiger partial charge in [-0.25, -0.2) is 0 Å². The van der Waals surface area contributed by atoms with Crippen molar-refractivity contribution in [2.24, 2.45) is 0 Å². The number of hydrogen-bond acceptors (Lipinski definition) is 0. The first-order valence-corrected chi connectivity index (χ1v) is 5.25. The SMILES string of the molecule is C[N-]C.[Y].c1ccc2c(c1)[n-]c1ccccc12. The third-order valence-electron chi connectivity index (χ3n) is 2.34. The third-order valence-corrected chi connectivity index (χ3v) is 2.34. The van der Waals surface area contributed by atoms with Crippen LogP contribution in [0.2, 0.25) is 0 Å². The van der Waals surface area contributed by atoms with Gasteiger partial charge >= 0.3 is 0 Å². The summed E-state index contributed by atoms with van der Waals surface area (Å²) in [5.41, 5.74) is 2.17. The van der Waals surface area contributed by atoms with Crippen LogP contribution in [0.3, 0.4) is 0 Å². The van der Waals surface area contributed by atoms with Crippen molar-refractivity contribution in [1.82, 2.24) is 4.98 Å². The Morgan fingerprint density at radius 2 is 1.12 bits per heavy atom. The van der Waals surface area contributed by atoms with Gasteiger partial charge in [0.1, 0.15) is 0 Å². The molecule has 0 unspecified atom stereocenters. The zero-order valence-electron chi connectivity index (χ0n) is 10.1. The molecule has 1 radical (unpaired) electrons. The molecule has 2 aromatic carbocycles. The maximum absolute atomic E-state index is 4.52. The molecular formula is C14H14N2Y-2. The molecular weight excluding hydrogens is 285 g/mol. The van der Waals surface area contributed by atoms with Crippen LogP contribution >= 0.6 is 0 Å². The summed E-state index contributed by atoms with van der Waals surface area (Å²) in [4.78, 5) is 4.52. The molecule has 3 rings (SSSR count). The predicted octanol–water partition coefficient (Wildman–Crippen LogP) is 3.57. The van der Waals surface area contributed by atoms with Gasteiger partial charge < -0.3 is 10.3 Å². The van der Waals surface area contributed by atoms with E-state index in [1.165, 1.54) is 10.8 Å². The Balaban J connectivity index is 0.000000331. The Bertz CT molecular complexity index is 536. The Hall–Kier alpha value is -0.696. The molecule has 3 aromatic rings. The van der Waals surface area contributed by atoms with E-state index in [-0.39, 0.29) is 32.7 Å². The summed E-state index contributed by atoms with van der Waals surface area (Å²) in [5, 5.41) is 6.00. The van der Waals surface area contributed by atoms with E-state index >= 15 is 0 Å². The van der Waals surface area contributed by atoms with Crippen LogP contribution in [-0.4, -0.2) is 14.1 Å².